The van der Waals surface area contributed by atoms with Crippen LogP contribution in [0.4, 0.5) is 0 Å². The highest BCUT2D eigenvalue weighted by Crippen LogP contribution is 2.46. The summed E-state index contributed by atoms with van der Waals surface area (Å²) in [6.07, 6.45) is 0. The van der Waals surface area contributed by atoms with Crippen LogP contribution >= 0.6 is 0 Å². The Hall–Kier alpha value is -7.28. The molecule has 0 unspecified atom stereocenters. The predicted molar refractivity (Wildman–Crippen MR) is 241 cm³/mol. The Bertz CT molecular complexity index is 3170. The molecule has 0 heterocycles. The molecule has 0 nitrogen and oxygen atoms in total. The first kappa shape index (κ1) is 32.2. The third-order valence-corrected chi connectivity index (χ3v) is 11.6. The number of hydrogen-bond acceptors (Lipinski definition) is 0. The molecule has 11 aromatic rings. The summed E-state index contributed by atoms with van der Waals surface area (Å²) >= 11 is 0. The van der Waals surface area contributed by atoms with Crippen LogP contribution < -0.4 is 0 Å². The Morgan fingerprint density at radius 1 is 0.179 bits per heavy atom. The van der Waals surface area contributed by atoms with Crippen molar-refractivity contribution in [2.24, 2.45) is 0 Å². The average Bonchev–Trinajstić information content (AvgIpc) is 3.28. The zero-order valence-corrected chi connectivity index (χ0v) is 30.8. The van der Waals surface area contributed by atoms with Crippen LogP contribution in [0.25, 0.3) is 109 Å². The Labute approximate surface area is 326 Å². The van der Waals surface area contributed by atoms with E-state index in [1.807, 2.05) is 0 Å². The molecule has 0 N–H and O–H groups in total. The second kappa shape index (κ2) is 13.2. The summed E-state index contributed by atoms with van der Waals surface area (Å²) in [5.41, 5.74) is 12.3. The van der Waals surface area contributed by atoms with E-state index in [4.69, 9.17) is 0 Å². The van der Waals surface area contributed by atoms with Gasteiger partial charge in [0.15, 0.2) is 0 Å². The molecular weight excluding hydrogens is 673 g/mol. The monoisotopic (exact) mass is 708 g/mol. The number of benzene rings is 11. The van der Waals surface area contributed by atoms with Gasteiger partial charge in [0.1, 0.15) is 0 Å². The lowest BCUT2D eigenvalue weighted by atomic mass is 9.83. The van der Waals surface area contributed by atoms with Gasteiger partial charge in [-0.1, -0.05) is 182 Å². The van der Waals surface area contributed by atoms with Gasteiger partial charge in [-0.15, -0.1) is 0 Å². The minimum atomic E-state index is 1.21. The van der Waals surface area contributed by atoms with E-state index in [0.717, 1.165) is 0 Å². The number of rotatable bonds is 5. The van der Waals surface area contributed by atoms with E-state index >= 15 is 0 Å². The van der Waals surface area contributed by atoms with Crippen molar-refractivity contribution in [3.05, 3.63) is 218 Å². The molecule has 0 heteroatoms. The maximum absolute atomic E-state index is 2.43. The Kier molecular flexibility index (Phi) is 7.60. The molecule has 0 bridgehead atoms. The van der Waals surface area contributed by atoms with Crippen molar-refractivity contribution in [1.82, 2.24) is 0 Å². The summed E-state index contributed by atoms with van der Waals surface area (Å²) in [6.45, 7) is 0. The molecule has 0 aliphatic carbocycles. The highest BCUT2D eigenvalue weighted by atomic mass is 14.2. The molecular formula is C56H36. The number of fused-ring (bicyclic) bond motifs is 6. The first-order chi connectivity index (χ1) is 27.8. The van der Waals surface area contributed by atoms with Gasteiger partial charge in [0.25, 0.3) is 0 Å². The van der Waals surface area contributed by atoms with Gasteiger partial charge in [-0.2, -0.15) is 0 Å². The summed E-state index contributed by atoms with van der Waals surface area (Å²) in [5, 5.41) is 12.6. The van der Waals surface area contributed by atoms with Crippen molar-refractivity contribution in [2.45, 2.75) is 0 Å². The molecule has 0 aliphatic rings. The van der Waals surface area contributed by atoms with E-state index in [1.54, 1.807) is 0 Å². The van der Waals surface area contributed by atoms with Crippen LogP contribution in [0.5, 0.6) is 0 Å². The summed E-state index contributed by atoms with van der Waals surface area (Å²) in [6, 6.07) is 80.4. The fraction of sp³-hybridized carbons (Fsp3) is 0. The maximum Gasteiger partial charge on any atom is -0.00259 e. The van der Waals surface area contributed by atoms with E-state index in [2.05, 4.69) is 218 Å². The zero-order chi connectivity index (χ0) is 37.0. The Balaban J connectivity index is 1.15. The highest BCUT2D eigenvalue weighted by Gasteiger charge is 2.19. The highest BCUT2D eigenvalue weighted by molar-refractivity contribution is 6.23. The SMILES string of the molecule is c1ccc(-c2cc(-c3ccccc3)cc(-c3c4ccccc4c(-c4ccc5cc(-c6ccc7ccccc7c6)c6ccccc6c5c4)c4ccccc34)c2)cc1. The molecule has 0 spiro atoms. The molecule has 11 aromatic carbocycles. The zero-order valence-electron chi connectivity index (χ0n) is 30.8. The van der Waals surface area contributed by atoms with E-state index < -0.39 is 0 Å². The van der Waals surface area contributed by atoms with Gasteiger partial charge in [-0.25, -0.2) is 0 Å². The van der Waals surface area contributed by atoms with Crippen LogP contribution in [0.1, 0.15) is 0 Å². The summed E-state index contributed by atoms with van der Waals surface area (Å²) in [7, 11) is 0. The fourth-order valence-electron chi connectivity index (χ4n) is 8.97. The fourth-order valence-corrected chi connectivity index (χ4v) is 8.97. The van der Waals surface area contributed by atoms with Gasteiger partial charge in [0.05, 0.1) is 0 Å². The third kappa shape index (κ3) is 5.38. The Morgan fingerprint density at radius 3 is 1.23 bits per heavy atom. The van der Waals surface area contributed by atoms with E-state index in [-0.39, 0.29) is 0 Å². The lowest BCUT2D eigenvalue weighted by Gasteiger charge is -2.20. The molecule has 0 saturated carbocycles. The van der Waals surface area contributed by atoms with Gasteiger partial charge >= 0.3 is 0 Å². The van der Waals surface area contributed by atoms with Crippen LogP contribution in [0.2, 0.25) is 0 Å². The van der Waals surface area contributed by atoms with Crippen LogP contribution in [-0.2, 0) is 0 Å². The molecule has 260 valence electrons. The smallest absolute Gasteiger partial charge is 0.00259 e. The van der Waals surface area contributed by atoms with Crippen LogP contribution in [0, 0.1) is 0 Å². The minimum absolute atomic E-state index is 1.21. The lowest BCUT2D eigenvalue weighted by Crippen LogP contribution is -1.92. The lowest BCUT2D eigenvalue weighted by molar-refractivity contribution is 1.58. The van der Waals surface area contributed by atoms with E-state index in [1.165, 1.54) is 109 Å². The topological polar surface area (TPSA) is 0 Å². The largest absolute Gasteiger partial charge is 0.0622 e. The van der Waals surface area contributed by atoms with Crippen LogP contribution in [-0.4, -0.2) is 0 Å². The van der Waals surface area contributed by atoms with Crippen molar-refractivity contribution in [3.63, 3.8) is 0 Å². The maximum atomic E-state index is 2.43. The van der Waals surface area contributed by atoms with Crippen molar-refractivity contribution in [3.8, 4) is 55.6 Å². The first-order valence-electron chi connectivity index (χ1n) is 19.4. The van der Waals surface area contributed by atoms with Crippen LogP contribution in [0.3, 0.4) is 0 Å². The van der Waals surface area contributed by atoms with Crippen molar-refractivity contribution < 1.29 is 0 Å². The van der Waals surface area contributed by atoms with Gasteiger partial charge in [-0.3, -0.25) is 0 Å². The minimum Gasteiger partial charge on any atom is -0.0622 e. The van der Waals surface area contributed by atoms with Crippen molar-refractivity contribution in [2.75, 3.05) is 0 Å². The molecule has 0 radical (unpaired) electrons. The van der Waals surface area contributed by atoms with E-state index in [9.17, 15) is 0 Å². The van der Waals surface area contributed by atoms with Gasteiger partial charge in [-0.05, 0) is 146 Å². The number of hydrogen-bond donors (Lipinski definition) is 0. The quantitative estimate of drug-likeness (QED) is 0.123. The van der Waals surface area contributed by atoms with Gasteiger partial charge in [0, 0.05) is 0 Å². The second-order valence-electron chi connectivity index (χ2n) is 14.8. The molecule has 11 rings (SSSR count). The molecule has 0 fully saturated rings. The standard InChI is InChI=1S/C56H36/c1-3-15-37(16-4-1)44-32-45(38-17-5-2-6-18-38)34-46(33-44)56-51-25-13-11-23-49(51)55(50-24-12-14-26-52(50)56)43-30-29-42-35-53(47-21-9-10-22-48(47)54(42)36-43)41-28-27-39-19-7-8-20-40(39)31-41/h1-36H. The Morgan fingerprint density at radius 2 is 0.625 bits per heavy atom. The summed E-state index contributed by atoms with van der Waals surface area (Å²) in [5.74, 6) is 0. The molecule has 56 heavy (non-hydrogen) atoms. The van der Waals surface area contributed by atoms with Crippen LogP contribution in [0.15, 0.2) is 218 Å². The molecule has 0 aromatic heterocycles. The van der Waals surface area contributed by atoms with Crippen molar-refractivity contribution >= 4 is 53.9 Å². The second-order valence-corrected chi connectivity index (χ2v) is 14.8. The summed E-state index contributed by atoms with van der Waals surface area (Å²) in [4.78, 5) is 0. The van der Waals surface area contributed by atoms with Crippen molar-refractivity contribution in [1.29, 1.82) is 0 Å². The molecule has 0 saturated heterocycles. The van der Waals surface area contributed by atoms with E-state index in [0.29, 0.717) is 0 Å². The molecule has 0 aliphatic heterocycles. The summed E-state index contributed by atoms with van der Waals surface area (Å²) < 4.78 is 0. The third-order valence-electron chi connectivity index (χ3n) is 11.6. The van der Waals surface area contributed by atoms with Gasteiger partial charge < -0.3 is 0 Å². The molecule has 0 amide bonds. The average molecular weight is 709 g/mol. The normalized spacial score (nSPS) is 11.6. The first-order valence-corrected chi connectivity index (χ1v) is 19.4. The predicted octanol–water partition coefficient (Wildman–Crippen LogP) is 15.8. The molecule has 0 atom stereocenters. The van der Waals surface area contributed by atoms with Gasteiger partial charge in [0.2, 0.25) is 0 Å².